The number of carboxylic acid groups (broad SMARTS) is 1. The number of hydrogen-bond acceptors (Lipinski definition) is 3. The van der Waals surface area contributed by atoms with Gasteiger partial charge in [0.15, 0.2) is 0 Å². The number of para-hydroxylation sites is 1. The molecule has 0 aliphatic carbocycles. The van der Waals surface area contributed by atoms with Crippen LogP contribution in [0, 0.1) is 0 Å². The van der Waals surface area contributed by atoms with Crippen LogP contribution in [-0.4, -0.2) is 29.3 Å². The molecule has 2 rings (SSSR count). The van der Waals surface area contributed by atoms with Crippen molar-refractivity contribution in [1.82, 2.24) is 10.6 Å². The number of carbonyl (C=O) groups is 2. The van der Waals surface area contributed by atoms with E-state index < -0.39 is 17.5 Å². The second-order valence-corrected chi connectivity index (χ2v) is 5.39. The van der Waals surface area contributed by atoms with E-state index >= 15 is 0 Å². The van der Waals surface area contributed by atoms with Gasteiger partial charge in [0, 0.05) is 5.56 Å². The van der Waals surface area contributed by atoms with E-state index in [4.69, 9.17) is 4.74 Å². The smallest absolute Gasteiger partial charge is 0.329 e. The fourth-order valence-corrected chi connectivity index (χ4v) is 2.45. The Labute approximate surface area is 123 Å². The molecule has 2 unspecified atom stereocenters. The highest BCUT2D eigenvalue weighted by Gasteiger charge is 2.35. The zero-order chi connectivity index (χ0) is 15.5. The fourth-order valence-electron chi connectivity index (χ4n) is 2.45. The molecule has 1 aromatic carbocycles. The summed E-state index contributed by atoms with van der Waals surface area (Å²) in [7, 11) is 0. The van der Waals surface area contributed by atoms with Gasteiger partial charge in [-0.2, -0.15) is 0 Å². The van der Waals surface area contributed by atoms with Gasteiger partial charge in [-0.15, -0.1) is 0 Å². The molecule has 0 saturated heterocycles. The molecule has 2 amide bonds. The summed E-state index contributed by atoms with van der Waals surface area (Å²) in [5.41, 5.74) is -0.363. The number of benzene rings is 1. The van der Waals surface area contributed by atoms with Gasteiger partial charge < -0.3 is 20.5 Å². The minimum atomic E-state index is -1.27. The lowest BCUT2D eigenvalue weighted by Gasteiger charge is -2.26. The molecule has 3 N–H and O–H groups in total. The molecule has 1 aliphatic rings. The summed E-state index contributed by atoms with van der Waals surface area (Å²) in [6.45, 7) is 3.74. The van der Waals surface area contributed by atoms with E-state index in [0.29, 0.717) is 19.4 Å². The van der Waals surface area contributed by atoms with Crippen molar-refractivity contribution in [3.63, 3.8) is 0 Å². The van der Waals surface area contributed by atoms with Gasteiger partial charge in [-0.3, -0.25) is 0 Å². The van der Waals surface area contributed by atoms with E-state index in [0.717, 1.165) is 11.3 Å². The summed E-state index contributed by atoms with van der Waals surface area (Å²) in [4.78, 5) is 23.4. The number of amides is 2. The van der Waals surface area contributed by atoms with Gasteiger partial charge in [-0.05, 0) is 19.4 Å². The maximum Gasteiger partial charge on any atom is 0.329 e. The van der Waals surface area contributed by atoms with Gasteiger partial charge in [-0.25, -0.2) is 9.59 Å². The SMILES string of the molecule is CCCC(C)(NC(=O)NC1COc2ccccc21)C(=O)O. The third-order valence-electron chi connectivity index (χ3n) is 3.62. The van der Waals surface area contributed by atoms with Crippen molar-refractivity contribution in [3.05, 3.63) is 29.8 Å². The number of carbonyl (C=O) groups excluding carboxylic acids is 1. The highest BCUT2D eigenvalue weighted by Crippen LogP contribution is 2.31. The van der Waals surface area contributed by atoms with Crippen LogP contribution in [0.5, 0.6) is 5.75 Å². The summed E-state index contributed by atoms with van der Waals surface area (Å²) in [6.07, 6.45) is 1.03. The Morgan fingerprint density at radius 1 is 1.43 bits per heavy atom. The van der Waals surface area contributed by atoms with Crippen molar-refractivity contribution in [2.75, 3.05) is 6.61 Å². The van der Waals surface area contributed by atoms with Gasteiger partial charge in [0.25, 0.3) is 0 Å². The number of aliphatic carboxylic acids is 1. The van der Waals surface area contributed by atoms with Crippen molar-refractivity contribution in [3.8, 4) is 5.75 Å². The molecule has 6 heteroatoms. The second kappa shape index (κ2) is 6.03. The summed E-state index contributed by atoms with van der Waals surface area (Å²) >= 11 is 0. The van der Waals surface area contributed by atoms with E-state index in [1.54, 1.807) is 0 Å². The summed E-state index contributed by atoms with van der Waals surface area (Å²) in [6, 6.07) is 6.70. The summed E-state index contributed by atoms with van der Waals surface area (Å²) in [5.74, 6) is -0.292. The van der Waals surface area contributed by atoms with Crippen LogP contribution < -0.4 is 15.4 Å². The third kappa shape index (κ3) is 3.26. The monoisotopic (exact) mass is 292 g/mol. The first-order valence-electron chi connectivity index (χ1n) is 7.00. The molecule has 2 atom stereocenters. The van der Waals surface area contributed by atoms with Crippen LogP contribution in [0.2, 0.25) is 0 Å². The van der Waals surface area contributed by atoms with Crippen LogP contribution in [0.4, 0.5) is 4.79 Å². The molecule has 0 aromatic heterocycles. The fraction of sp³-hybridized carbons (Fsp3) is 0.467. The highest BCUT2D eigenvalue weighted by atomic mass is 16.5. The van der Waals surface area contributed by atoms with Gasteiger partial charge in [-0.1, -0.05) is 31.5 Å². The number of hydrogen-bond donors (Lipinski definition) is 3. The van der Waals surface area contributed by atoms with E-state index in [-0.39, 0.29) is 6.04 Å². The molecular formula is C15H20N2O4. The van der Waals surface area contributed by atoms with E-state index in [9.17, 15) is 14.7 Å². The molecule has 1 heterocycles. The number of urea groups is 1. The molecule has 114 valence electrons. The Morgan fingerprint density at radius 3 is 2.81 bits per heavy atom. The minimum absolute atomic E-state index is 0.263. The lowest BCUT2D eigenvalue weighted by Crippen LogP contribution is -2.55. The van der Waals surface area contributed by atoms with Crippen LogP contribution in [-0.2, 0) is 4.79 Å². The van der Waals surface area contributed by atoms with Gasteiger partial charge >= 0.3 is 12.0 Å². The van der Waals surface area contributed by atoms with Crippen LogP contribution >= 0.6 is 0 Å². The van der Waals surface area contributed by atoms with Crippen molar-refractivity contribution < 1.29 is 19.4 Å². The Kier molecular flexibility index (Phi) is 4.35. The van der Waals surface area contributed by atoms with Crippen molar-refractivity contribution in [2.24, 2.45) is 0 Å². The number of nitrogens with one attached hydrogen (secondary N) is 2. The second-order valence-electron chi connectivity index (χ2n) is 5.39. The van der Waals surface area contributed by atoms with E-state index in [1.165, 1.54) is 6.92 Å². The predicted molar refractivity (Wildman–Crippen MR) is 77.3 cm³/mol. The number of carboxylic acids is 1. The maximum atomic E-state index is 12.1. The first-order chi connectivity index (χ1) is 9.96. The van der Waals surface area contributed by atoms with Crippen molar-refractivity contribution in [1.29, 1.82) is 0 Å². The quantitative estimate of drug-likeness (QED) is 0.775. The van der Waals surface area contributed by atoms with Crippen molar-refractivity contribution in [2.45, 2.75) is 38.3 Å². The Balaban J connectivity index is 2.01. The number of ether oxygens (including phenoxy) is 1. The lowest BCUT2D eigenvalue weighted by molar-refractivity contribution is -0.144. The maximum absolute atomic E-state index is 12.1. The van der Waals surface area contributed by atoms with Gasteiger partial charge in [0.05, 0.1) is 6.04 Å². The first kappa shape index (κ1) is 15.2. The normalized spacial score (nSPS) is 19.0. The first-order valence-corrected chi connectivity index (χ1v) is 7.00. The molecule has 0 spiro atoms. The van der Waals surface area contributed by atoms with Gasteiger partial charge in [0.1, 0.15) is 17.9 Å². The van der Waals surface area contributed by atoms with Crippen LogP contribution in [0.15, 0.2) is 24.3 Å². The van der Waals surface area contributed by atoms with Crippen molar-refractivity contribution >= 4 is 12.0 Å². The van der Waals surface area contributed by atoms with Crippen LogP contribution in [0.1, 0.15) is 38.3 Å². The predicted octanol–water partition coefficient (Wildman–Crippen LogP) is 2.06. The number of rotatable bonds is 5. The molecule has 6 nitrogen and oxygen atoms in total. The molecular weight excluding hydrogens is 272 g/mol. The van der Waals surface area contributed by atoms with E-state index in [2.05, 4.69) is 10.6 Å². The topological polar surface area (TPSA) is 87.7 Å². The lowest BCUT2D eigenvalue weighted by atomic mass is 9.96. The Morgan fingerprint density at radius 2 is 2.14 bits per heavy atom. The summed E-state index contributed by atoms with van der Waals surface area (Å²) < 4.78 is 5.48. The Bertz CT molecular complexity index is 546. The highest BCUT2D eigenvalue weighted by molar-refractivity contribution is 5.86. The minimum Gasteiger partial charge on any atom is -0.491 e. The summed E-state index contributed by atoms with van der Waals surface area (Å²) in [5, 5.41) is 14.6. The van der Waals surface area contributed by atoms with Gasteiger partial charge in [0.2, 0.25) is 0 Å². The molecule has 1 aliphatic heterocycles. The molecule has 21 heavy (non-hydrogen) atoms. The van der Waals surface area contributed by atoms with Crippen LogP contribution in [0.25, 0.3) is 0 Å². The standard InChI is InChI=1S/C15H20N2O4/c1-3-8-15(2,13(18)19)17-14(20)16-11-9-21-12-7-5-4-6-10(11)12/h4-7,11H,3,8-9H2,1-2H3,(H,18,19)(H2,16,17,20). The number of fused-ring (bicyclic) bond motifs is 1. The average Bonchev–Trinajstić information content (AvgIpc) is 2.82. The third-order valence-corrected chi connectivity index (χ3v) is 3.62. The Hall–Kier alpha value is -2.24. The largest absolute Gasteiger partial charge is 0.491 e. The molecule has 0 radical (unpaired) electrons. The van der Waals surface area contributed by atoms with Crippen LogP contribution in [0.3, 0.4) is 0 Å². The molecule has 1 aromatic rings. The molecule has 0 saturated carbocycles. The average molecular weight is 292 g/mol. The molecule has 0 bridgehead atoms. The van der Waals surface area contributed by atoms with E-state index in [1.807, 2.05) is 31.2 Å². The zero-order valence-electron chi connectivity index (χ0n) is 12.2. The molecule has 0 fully saturated rings. The zero-order valence-corrected chi connectivity index (χ0v) is 12.2.